The molecule has 1 aromatic carbocycles. The van der Waals surface area contributed by atoms with E-state index in [0.717, 1.165) is 0 Å². The van der Waals surface area contributed by atoms with Gasteiger partial charge in [0.05, 0.1) is 7.11 Å². The maximum Gasteiger partial charge on any atom is 0.330 e. The van der Waals surface area contributed by atoms with Crippen LogP contribution in [0, 0.1) is 0 Å². The van der Waals surface area contributed by atoms with E-state index in [2.05, 4.69) is 11.3 Å². The first-order valence-corrected chi connectivity index (χ1v) is 5.00. The predicted molar refractivity (Wildman–Crippen MR) is 64.8 cm³/mol. The Balaban J connectivity index is 2.79. The molecule has 0 saturated heterocycles. The second-order valence-corrected chi connectivity index (χ2v) is 3.18. The SMILES string of the molecule is C=CCOc1ccc(/C=C/C(=O)OC)c(O)c1. The Labute approximate surface area is 99.8 Å². The number of benzene rings is 1. The number of rotatable bonds is 5. The minimum Gasteiger partial charge on any atom is -0.507 e. The van der Waals surface area contributed by atoms with Crippen LogP contribution < -0.4 is 4.74 Å². The summed E-state index contributed by atoms with van der Waals surface area (Å²) in [5.41, 5.74) is 0.515. The van der Waals surface area contributed by atoms with Gasteiger partial charge in [0, 0.05) is 17.7 Å². The molecule has 0 unspecified atom stereocenters. The molecule has 0 fully saturated rings. The number of hydrogen-bond acceptors (Lipinski definition) is 4. The molecule has 90 valence electrons. The molecule has 0 heterocycles. The molecule has 1 N–H and O–H groups in total. The lowest BCUT2D eigenvalue weighted by Gasteiger charge is -2.05. The number of phenols is 1. The number of hydrogen-bond donors (Lipinski definition) is 1. The average Bonchev–Trinajstić information content (AvgIpc) is 2.34. The van der Waals surface area contributed by atoms with Gasteiger partial charge < -0.3 is 14.6 Å². The van der Waals surface area contributed by atoms with Crippen LogP contribution in [0.1, 0.15) is 5.56 Å². The summed E-state index contributed by atoms with van der Waals surface area (Å²) in [7, 11) is 1.29. The lowest BCUT2D eigenvalue weighted by molar-refractivity contribution is -0.134. The van der Waals surface area contributed by atoms with Gasteiger partial charge in [-0.1, -0.05) is 12.7 Å². The van der Waals surface area contributed by atoms with Crippen molar-refractivity contribution in [2.24, 2.45) is 0 Å². The lowest BCUT2D eigenvalue weighted by atomic mass is 10.2. The van der Waals surface area contributed by atoms with Gasteiger partial charge in [-0.3, -0.25) is 0 Å². The molecule has 0 aliphatic carbocycles. The second-order valence-electron chi connectivity index (χ2n) is 3.18. The fraction of sp³-hybridized carbons (Fsp3) is 0.154. The Kier molecular flexibility index (Phi) is 4.81. The largest absolute Gasteiger partial charge is 0.507 e. The first-order valence-electron chi connectivity index (χ1n) is 5.00. The first kappa shape index (κ1) is 12.8. The maximum atomic E-state index is 10.9. The van der Waals surface area contributed by atoms with E-state index >= 15 is 0 Å². The molecule has 0 amide bonds. The third-order valence-electron chi connectivity index (χ3n) is 1.97. The Morgan fingerprint density at radius 2 is 2.29 bits per heavy atom. The normalized spacial score (nSPS) is 10.2. The highest BCUT2D eigenvalue weighted by Crippen LogP contribution is 2.24. The van der Waals surface area contributed by atoms with Crippen LogP contribution in [0.2, 0.25) is 0 Å². The summed E-state index contributed by atoms with van der Waals surface area (Å²) in [6, 6.07) is 4.81. The van der Waals surface area contributed by atoms with Gasteiger partial charge in [0.25, 0.3) is 0 Å². The zero-order valence-corrected chi connectivity index (χ0v) is 9.55. The molecule has 1 rings (SSSR count). The Hall–Kier alpha value is -2.23. The van der Waals surface area contributed by atoms with Gasteiger partial charge in [-0.25, -0.2) is 4.79 Å². The predicted octanol–water partition coefficient (Wildman–Crippen LogP) is 2.14. The molecule has 4 nitrogen and oxygen atoms in total. The Morgan fingerprint density at radius 3 is 2.88 bits per heavy atom. The molecular formula is C13H14O4. The van der Waals surface area contributed by atoms with Gasteiger partial charge in [-0.15, -0.1) is 0 Å². The third kappa shape index (κ3) is 4.03. The minimum atomic E-state index is -0.476. The van der Waals surface area contributed by atoms with Crippen LogP contribution in [0.3, 0.4) is 0 Å². The second kappa shape index (κ2) is 6.37. The zero-order chi connectivity index (χ0) is 12.7. The van der Waals surface area contributed by atoms with Crippen molar-refractivity contribution in [1.82, 2.24) is 0 Å². The summed E-state index contributed by atoms with van der Waals surface area (Å²) < 4.78 is 9.69. The number of aromatic hydroxyl groups is 1. The van der Waals surface area contributed by atoms with Crippen LogP contribution in [-0.2, 0) is 9.53 Å². The molecule has 0 aromatic heterocycles. The van der Waals surface area contributed by atoms with E-state index in [-0.39, 0.29) is 5.75 Å². The zero-order valence-electron chi connectivity index (χ0n) is 9.55. The van der Waals surface area contributed by atoms with Crippen molar-refractivity contribution in [1.29, 1.82) is 0 Å². The van der Waals surface area contributed by atoms with Gasteiger partial charge in [0.1, 0.15) is 18.1 Å². The monoisotopic (exact) mass is 234 g/mol. The molecule has 0 aliphatic rings. The van der Waals surface area contributed by atoms with Crippen LogP contribution in [0.4, 0.5) is 0 Å². The summed E-state index contributed by atoms with van der Waals surface area (Å²) in [6.45, 7) is 3.90. The Bertz CT molecular complexity index is 435. The van der Waals surface area contributed by atoms with Crippen molar-refractivity contribution in [3.63, 3.8) is 0 Å². The molecular weight excluding hydrogens is 220 g/mol. The van der Waals surface area contributed by atoms with Crippen molar-refractivity contribution in [3.8, 4) is 11.5 Å². The van der Waals surface area contributed by atoms with E-state index in [0.29, 0.717) is 17.9 Å². The molecule has 17 heavy (non-hydrogen) atoms. The van der Waals surface area contributed by atoms with Gasteiger partial charge in [0.2, 0.25) is 0 Å². The Morgan fingerprint density at radius 1 is 1.53 bits per heavy atom. The average molecular weight is 234 g/mol. The topological polar surface area (TPSA) is 55.8 Å². The molecule has 0 atom stereocenters. The number of esters is 1. The van der Waals surface area contributed by atoms with Crippen molar-refractivity contribution < 1.29 is 19.4 Å². The molecule has 0 aliphatic heterocycles. The summed E-state index contributed by atoms with van der Waals surface area (Å²) in [6.07, 6.45) is 4.32. The third-order valence-corrected chi connectivity index (χ3v) is 1.97. The van der Waals surface area contributed by atoms with Gasteiger partial charge in [0.15, 0.2) is 0 Å². The molecule has 0 radical (unpaired) electrons. The number of methoxy groups -OCH3 is 1. The van der Waals surface area contributed by atoms with Crippen LogP contribution >= 0.6 is 0 Å². The van der Waals surface area contributed by atoms with Crippen LogP contribution in [0.5, 0.6) is 11.5 Å². The summed E-state index contributed by atoms with van der Waals surface area (Å²) in [4.78, 5) is 10.9. The fourth-order valence-electron chi connectivity index (χ4n) is 1.14. The molecule has 0 saturated carbocycles. The summed E-state index contributed by atoms with van der Waals surface area (Å²) in [5, 5.41) is 9.67. The van der Waals surface area contributed by atoms with Gasteiger partial charge >= 0.3 is 5.97 Å². The van der Waals surface area contributed by atoms with Crippen LogP contribution in [-0.4, -0.2) is 24.8 Å². The van der Waals surface area contributed by atoms with Crippen LogP contribution in [0.25, 0.3) is 6.08 Å². The van der Waals surface area contributed by atoms with E-state index in [1.165, 1.54) is 25.3 Å². The standard InChI is InChI=1S/C13H14O4/c1-3-8-17-11-6-4-10(12(14)9-11)5-7-13(15)16-2/h3-7,9,14H,1,8H2,2H3/b7-5+. The van der Waals surface area contributed by atoms with Crippen molar-refractivity contribution in [2.75, 3.05) is 13.7 Å². The molecule has 0 spiro atoms. The molecule has 4 heteroatoms. The van der Waals surface area contributed by atoms with E-state index in [4.69, 9.17) is 4.74 Å². The van der Waals surface area contributed by atoms with E-state index in [9.17, 15) is 9.90 Å². The minimum absolute atomic E-state index is 0.0340. The van der Waals surface area contributed by atoms with E-state index in [1.807, 2.05) is 0 Å². The van der Waals surface area contributed by atoms with Crippen molar-refractivity contribution >= 4 is 12.0 Å². The quantitative estimate of drug-likeness (QED) is 0.482. The number of carbonyl (C=O) groups is 1. The van der Waals surface area contributed by atoms with Gasteiger partial charge in [-0.05, 0) is 18.2 Å². The smallest absolute Gasteiger partial charge is 0.330 e. The number of carbonyl (C=O) groups excluding carboxylic acids is 1. The van der Waals surface area contributed by atoms with Crippen molar-refractivity contribution in [2.45, 2.75) is 0 Å². The maximum absolute atomic E-state index is 10.9. The lowest BCUT2D eigenvalue weighted by Crippen LogP contribution is -1.94. The number of ether oxygens (including phenoxy) is 2. The fourth-order valence-corrected chi connectivity index (χ4v) is 1.14. The van der Waals surface area contributed by atoms with E-state index < -0.39 is 5.97 Å². The highest BCUT2D eigenvalue weighted by atomic mass is 16.5. The molecule has 1 aromatic rings. The summed E-state index contributed by atoms with van der Waals surface area (Å²) >= 11 is 0. The van der Waals surface area contributed by atoms with Crippen molar-refractivity contribution in [3.05, 3.63) is 42.5 Å². The first-order chi connectivity index (χ1) is 8.17. The van der Waals surface area contributed by atoms with Crippen LogP contribution in [0.15, 0.2) is 36.9 Å². The van der Waals surface area contributed by atoms with E-state index in [1.54, 1.807) is 18.2 Å². The molecule has 0 bridgehead atoms. The highest BCUT2D eigenvalue weighted by molar-refractivity contribution is 5.87. The van der Waals surface area contributed by atoms with Gasteiger partial charge in [-0.2, -0.15) is 0 Å². The highest BCUT2D eigenvalue weighted by Gasteiger charge is 2.01. The summed E-state index contributed by atoms with van der Waals surface area (Å²) in [5.74, 6) is 0.0979. The number of phenolic OH excluding ortho intramolecular Hbond substituents is 1.